The molecule has 0 bridgehead atoms. The first-order valence-electron chi connectivity index (χ1n) is 9.95. The van der Waals surface area contributed by atoms with Crippen LogP contribution in [0.15, 0.2) is 42.5 Å². The maximum atomic E-state index is 12.8. The van der Waals surface area contributed by atoms with E-state index in [9.17, 15) is 9.59 Å². The number of urea groups is 1. The normalized spacial score (nSPS) is 20.6. The number of hydrogen-bond acceptors (Lipinski definition) is 4. The van der Waals surface area contributed by atoms with E-state index in [1.165, 1.54) is 5.56 Å². The average molecular weight is 393 g/mol. The van der Waals surface area contributed by atoms with Crippen LogP contribution in [0.3, 0.4) is 0 Å². The lowest BCUT2D eigenvalue weighted by atomic mass is 10.0. The van der Waals surface area contributed by atoms with Crippen LogP contribution in [0.25, 0.3) is 11.1 Å². The zero-order valence-corrected chi connectivity index (χ0v) is 16.6. The molecule has 2 aromatic rings. The molecule has 2 aliphatic rings. The molecular weight excluding hydrogens is 366 g/mol. The molecule has 2 aliphatic heterocycles. The van der Waals surface area contributed by atoms with E-state index in [2.05, 4.69) is 36.5 Å². The Balaban J connectivity index is 1.42. The number of hydrogen-bond donors (Lipinski definition) is 3. The fraction of sp³-hybridized carbons (Fsp3) is 0.364. The number of nitrogen functional groups attached to an aromatic ring is 1. The number of nitrogens with one attached hydrogen (secondary N) is 1. The second-order valence-electron chi connectivity index (χ2n) is 8.03. The van der Waals surface area contributed by atoms with Crippen LogP contribution in [0.4, 0.5) is 16.2 Å². The molecule has 0 radical (unpaired) electrons. The molecule has 0 spiro atoms. The number of carbonyl (C=O) groups excluding carboxylic acids is 2. The number of anilines is 2. The molecule has 0 aromatic heterocycles. The van der Waals surface area contributed by atoms with Crippen molar-refractivity contribution in [1.29, 1.82) is 0 Å². The number of amides is 3. The van der Waals surface area contributed by atoms with Crippen molar-refractivity contribution in [2.24, 2.45) is 17.6 Å². The summed E-state index contributed by atoms with van der Waals surface area (Å²) in [4.78, 5) is 28.3. The van der Waals surface area contributed by atoms with E-state index < -0.39 is 0 Å². The van der Waals surface area contributed by atoms with Gasteiger partial charge in [0, 0.05) is 38.0 Å². The van der Waals surface area contributed by atoms with Crippen LogP contribution in [-0.4, -0.2) is 54.5 Å². The summed E-state index contributed by atoms with van der Waals surface area (Å²) in [6, 6.07) is 13.8. The monoisotopic (exact) mass is 393 g/mol. The van der Waals surface area contributed by atoms with Gasteiger partial charge < -0.3 is 26.6 Å². The highest BCUT2D eigenvalue weighted by atomic mass is 16.2. The molecular formula is C22H27N5O2. The number of fused-ring (bicyclic) bond motifs is 1. The van der Waals surface area contributed by atoms with E-state index in [-0.39, 0.29) is 18.5 Å². The first-order valence-corrected chi connectivity index (χ1v) is 9.95. The quantitative estimate of drug-likeness (QED) is 0.695. The van der Waals surface area contributed by atoms with Crippen LogP contribution in [-0.2, 0) is 4.79 Å². The van der Waals surface area contributed by atoms with Crippen LogP contribution in [0.2, 0.25) is 0 Å². The van der Waals surface area contributed by atoms with Gasteiger partial charge in [-0.05, 0) is 30.2 Å². The van der Waals surface area contributed by atoms with Crippen molar-refractivity contribution < 1.29 is 9.59 Å². The molecule has 2 heterocycles. The number of nitrogens with zero attached hydrogens (tertiary/aromatic N) is 2. The van der Waals surface area contributed by atoms with Crippen molar-refractivity contribution in [1.82, 2.24) is 9.80 Å². The summed E-state index contributed by atoms with van der Waals surface area (Å²) >= 11 is 0. The summed E-state index contributed by atoms with van der Waals surface area (Å²) in [5.41, 5.74) is 16.0. The third kappa shape index (κ3) is 3.91. The molecule has 2 unspecified atom stereocenters. The molecule has 0 aliphatic carbocycles. The molecule has 3 amide bonds. The van der Waals surface area contributed by atoms with Crippen LogP contribution >= 0.6 is 0 Å². The third-order valence-corrected chi connectivity index (χ3v) is 5.98. The van der Waals surface area contributed by atoms with Crippen molar-refractivity contribution in [3.63, 3.8) is 0 Å². The summed E-state index contributed by atoms with van der Waals surface area (Å²) in [6.45, 7) is 4.73. The Hall–Kier alpha value is -3.06. The summed E-state index contributed by atoms with van der Waals surface area (Å²) in [6.07, 6.45) is 0. The third-order valence-electron chi connectivity index (χ3n) is 5.98. The van der Waals surface area contributed by atoms with Crippen molar-refractivity contribution in [3.8, 4) is 11.1 Å². The molecule has 5 N–H and O–H groups in total. The fourth-order valence-corrected chi connectivity index (χ4v) is 4.28. The Morgan fingerprint density at radius 1 is 0.966 bits per heavy atom. The minimum atomic E-state index is -0.149. The van der Waals surface area contributed by atoms with Gasteiger partial charge in [0.1, 0.15) is 0 Å². The number of rotatable bonds is 3. The van der Waals surface area contributed by atoms with Gasteiger partial charge in [0.15, 0.2) is 0 Å². The van der Waals surface area contributed by atoms with Crippen LogP contribution in [0.5, 0.6) is 0 Å². The van der Waals surface area contributed by atoms with Gasteiger partial charge in [-0.1, -0.05) is 35.9 Å². The van der Waals surface area contributed by atoms with E-state index in [1.54, 1.807) is 0 Å². The van der Waals surface area contributed by atoms with Crippen molar-refractivity contribution in [3.05, 3.63) is 48.0 Å². The van der Waals surface area contributed by atoms with E-state index in [1.807, 2.05) is 28.0 Å². The smallest absolute Gasteiger partial charge is 0.321 e. The van der Waals surface area contributed by atoms with Crippen molar-refractivity contribution >= 4 is 23.3 Å². The minimum absolute atomic E-state index is 0.0175. The summed E-state index contributed by atoms with van der Waals surface area (Å²) in [7, 11) is 0. The SMILES string of the molecule is Cc1ccc(-c2ccc(N)c(NC(=O)N3CC4CN(C(=O)CN)CC4C3)c2)cc1. The summed E-state index contributed by atoms with van der Waals surface area (Å²) in [5.74, 6) is 0.607. The Morgan fingerprint density at radius 3 is 2.17 bits per heavy atom. The van der Waals surface area contributed by atoms with Crippen LogP contribution in [0.1, 0.15) is 5.56 Å². The highest BCUT2D eigenvalue weighted by Crippen LogP contribution is 2.32. The molecule has 29 heavy (non-hydrogen) atoms. The molecule has 2 aromatic carbocycles. The molecule has 0 saturated carbocycles. The fourth-order valence-electron chi connectivity index (χ4n) is 4.28. The highest BCUT2D eigenvalue weighted by Gasteiger charge is 2.42. The van der Waals surface area contributed by atoms with Crippen LogP contribution < -0.4 is 16.8 Å². The molecule has 7 nitrogen and oxygen atoms in total. The lowest BCUT2D eigenvalue weighted by Gasteiger charge is -2.22. The van der Waals surface area contributed by atoms with E-state index in [0.717, 1.165) is 11.1 Å². The molecule has 7 heteroatoms. The van der Waals surface area contributed by atoms with Gasteiger partial charge in [-0.3, -0.25) is 4.79 Å². The lowest BCUT2D eigenvalue weighted by molar-refractivity contribution is -0.128. The summed E-state index contributed by atoms with van der Waals surface area (Å²) in [5, 5.41) is 2.97. The maximum absolute atomic E-state index is 12.8. The number of carbonyl (C=O) groups is 2. The number of aryl methyl sites for hydroxylation is 1. The topological polar surface area (TPSA) is 105 Å². The van der Waals surface area contributed by atoms with Crippen molar-refractivity contribution in [2.45, 2.75) is 6.92 Å². The lowest BCUT2D eigenvalue weighted by Crippen LogP contribution is -2.39. The first kappa shape index (κ1) is 19.3. The second-order valence-corrected chi connectivity index (χ2v) is 8.03. The van der Waals surface area contributed by atoms with E-state index in [0.29, 0.717) is 49.4 Å². The minimum Gasteiger partial charge on any atom is -0.397 e. The van der Waals surface area contributed by atoms with E-state index >= 15 is 0 Å². The van der Waals surface area contributed by atoms with Gasteiger partial charge in [0.05, 0.1) is 17.9 Å². The number of benzene rings is 2. The maximum Gasteiger partial charge on any atom is 0.321 e. The Morgan fingerprint density at radius 2 is 1.55 bits per heavy atom. The van der Waals surface area contributed by atoms with Crippen molar-refractivity contribution in [2.75, 3.05) is 43.8 Å². The van der Waals surface area contributed by atoms with Gasteiger partial charge in [-0.15, -0.1) is 0 Å². The van der Waals surface area contributed by atoms with Gasteiger partial charge in [0.25, 0.3) is 0 Å². The average Bonchev–Trinajstić information content (AvgIpc) is 3.29. The second kappa shape index (κ2) is 7.75. The van der Waals surface area contributed by atoms with Crippen LogP contribution in [0, 0.1) is 18.8 Å². The van der Waals surface area contributed by atoms with Gasteiger partial charge in [-0.2, -0.15) is 0 Å². The van der Waals surface area contributed by atoms with Gasteiger partial charge >= 0.3 is 6.03 Å². The molecule has 4 rings (SSSR count). The predicted octanol–water partition coefficient (Wildman–Crippen LogP) is 2.13. The largest absolute Gasteiger partial charge is 0.397 e. The predicted molar refractivity (Wildman–Crippen MR) is 114 cm³/mol. The standard InChI is InChI=1S/C22H27N5O2/c1-14-2-4-15(5-3-14)16-6-7-19(24)20(8-16)25-22(29)27-12-17-10-26(21(28)9-23)11-18(17)13-27/h2-8,17-18H,9-13,23-24H2,1H3,(H,25,29). The Kier molecular flexibility index (Phi) is 5.15. The molecule has 2 fully saturated rings. The molecule has 2 saturated heterocycles. The highest BCUT2D eigenvalue weighted by molar-refractivity contribution is 5.94. The van der Waals surface area contributed by atoms with Gasteiger partial charge in [-0.25, -0.2) is 4.79 Å². The molecule has 2 atom stereocenters. The molecule has 152 valence electrons. The Bertz CT molecular complexity index is 913. The number of nitrogens with two attached hydrogens (primary N) is 2. The summed E-state index contributed by atoms with van der Waals surface area (Å²) < 4.78 is 0. The first-order chi connectivity index (χ1) is 13.9. The zero-order valence-electron chi connectivity index (χ0n) is 16.6. The van der Waals surface area contributed by atoms with E-state index in [4.69, 9.17) is 11.5 Å². The number of likely N-dealkylation sites (tertiary alicyclic amines) is 2. The van der Waals surface area contributed by atoms with Gasteiger partial charge in [0.2, 0.25) is 5.91 Å². The Labute approximate surface area is 170 Å². The zero-order chi connectivity index (χ0) is 20.5.